The van der Waals surface area contributed by atoms with Crippen molar-refractivity contribution in [1.29, 1.82) is 0 Å². The number of pyridine rings is 1. The Morgan fingerprint density at radius 3 is 2.52 bits per heavy atom. The van der Waals surface area contributed by atoms with Crippen molar-refractivity contribution in [3.8, 4) is 11.5 Å². The van der Waals surface area contributed by atoms with Crippen LogP contribution in [-0.2, 0) is 11.0 Å². The Kier molecular flexibility index (Phi) is 5.99. The number of likely N-dealkylation sites (tertiary alicyclic amines) is 1. The summed E-state index contributed by atoms with van der Waals surface area (Å²) >= 11 is 0. The van der Waals surface area contributed by atoms with Crippen LogP contribution in [0.5, 0.6) is 0 Å². The number of carbonyl (C=O) groups excluding carboxylic acids is 1. The van der Waals surface area contributed by atoms with Gasteiger partial charge < -0.3 is 9.84 Å². The van der Waals surface area contributed by atoms with Crippen LogP contribution >= 0.6 is 0 Å². The van der Waals surface area contributed by atoms with Gasteiger partial charge in [0.2, 0.25) is 17.6 Å². The lowest BCUT2D eigenvalue weighted by atomic mass is 9.97. The predicted octanol–water partition coefficient (Wildman–Crippen LogP) is 3.97. The van der Waals surface area contributed by atoms with Gasteiger partial charge in [-0.1, -0.05) is 11.2 Å². The van der Waals surface area contributed by atoms with Gasteiger partial charge in [-0.25, -0.2) is 0 Å². The summed E-state index contributed by atoms with van der Waals surface area (Å²) in [6, 6.07) is 9.88. The monoisotopic (exact) mass is 431 g/mol. The van der Waals surface area contributed by atoms with Gasteiger partial charge in [-0.2, -0.15) is 18.2 Å². The molecule has 0 spiro atoms. The SMILES string of the molecule is O=C(CN1CCC(c2nc(-c3ccccn3)no2)CC1)Nc1ccc(C(F)(F)F)cc1. The fraction of sp³-hybridized carbons (Fsp3) is 0.333. The van der Waals surface area contributed by atoms with Crippen LogP contribution in [0.15, 0.2) is 53.2 Å². The third-order valence-electron chi connectivity index (χ3n) is 5.14. The molecule has 3 heterocycles. The normalized spacial score (nSPS) is 15.7. The third kappa shape index (κ3) is 5.26. The predicted molar refractivity (Wildman–Crippen MR) is 106 cm³/mol. The summed E-state index contributed by atoms with van der Waals surface area (Å²) in [7, 11) is 0. The molecule has 0 radical (unpaired) electrons. The molecule has 0 unspecified atom stereocenters. The number of alkyl halides is 3. The number of hydrogen-bond donors (Lipinski definition) is 1. The van der Waals surface area contributed by atoms with Crippen LogP contribution in [-0.4, -0.2) is 45.6 Å². The number of anilines is 1. The van der Waals surface area contributed by atoms with Crippen LogP contribution < -0.4 is 5.32 Å². The maximum Gasteiger partial charge on any atom is 0.416 e. The fourth-order valence-electron chi connectivity index (χ4n) is 3.48. The van der Waals surface area contributed by atoms with Gasteiger partial charge in [0.25, 0.3) is 0 Å². The zero-order valence-electron chi connectivity index (χ0n) is 16.5. The topological polar surface area (TPSA) is 84.2 Å². The molecule has 1 aliphatic rings. The highest BCUT2D eigenvalue weighted by atomic mass is 19.4. The lowest BCUT2D eigenvalue weighted by molar-refractivity contribution is -0.137. The van der Waals surface area contributed by atoms with Crippen molar-refractivity contribution >= 4 is 11.6 Å². The van der Waals surface area contributed by atoms with Gasteiger partial charge in [-0.3, -0.25) is 14.7 Å². The van der Waals surface area contributed by atoms with Crippen LogP contribution in [0.4, 0.5) is 18.9 Å². The first-order valence-corrected chi connectivity index (χ1v) is 9.83. The van der Waals surface area contributed by atoms with Gasteiger partial charge in [0.05, 0.1) is 12.1 Å². The molecule has 10 heteroatoms. The van der Waals surface area contributed by atoms with E-state index in [1.54, 1.807) is 6.20 Å². The van der Waals surface area contributed by atoms with Crippen LogP contribution in [0.25, 0.3) is 11.5 Å². The van der Waals surface area contributed by atoms with Gasteiger partial charge in [0.1, 0.15) is 5.69 Å². The van der Waals surface area contributed by atoms with Crippen molar-refractivity contribution in [1.82, 2.24) is 20.0 Å². The molecular weight excluding hydrogens is 411 g/mol. The minimum Gasteiger partial charge on any atom is -0.339 e. The molecule has 1 aliphatic heterocycles. The summed E-state index contributed by atoms with van der Waals surface area (Å²) in [5.74, 6) is 0.857. The second-order valence-electron chi connectivity index (χ2n) is 7.34. The Labute approximate surface area is 176 Å². The number of halogens is 3. The molecule has 1 fully saturated rings. The largest absolute Gasteiger partial charge is 0.416 e. The van der Waals surface area contributed by atoms with E-state index in [0.29, 0.717) is 36.2 Å². The smallest absolute Gasteiger partial charge is 0.339 e. The van der Waals surface area contributed by atoms with E-state index in [-0.39, 0.29) is 18.4 Å². The minimum absolute atomic E-state index is 0.110. The average molecular weight is 431 g/mol. The molecule has 0 atom stereocenters. The van der Waals surface area contributed by atoms with Gasteiger partial charge in [-0.15, -0.1) is 0 Å². The zero-order chi connectivity index (χ0) is 21.8. The Balaban J connectivity index is 1.26. The van der Waals surface area contributed by atoms with Gasteiger partial charge in [0, 0.05) is 17.8 Å². The first kappa shape index (κ1) is 21.0. The Morgan fingerprint density at radius 2 is 1.87 bits per heavy atom. The molecule has 162 valence electrons. The summed E-state index contributed by atoms with van der Waals surface area (Å²) < 4.78 is 43.3. The quantitative estimate of drug-likeness (QED) is 0.658. The number of piperidine rings is 1. The van der Waals surface area contributed by atoms with E-state index in [0.717, 1.165) is 25.0 Å². The number of aromatic nitrogens is 3. The molecule has 1 saturated heterocycles. The molecule has 1 amide bonds. The van der Waals surface area contributed by atoms with Crippen LogP contribution in [0.2, 0.25) is 0 Å². The van der Waals surface area contributed by atoms with E-state index in [9.17, 15) is 18.0 Å². The van der Waals surface area contributed by atoms with Crippen molar-refractivity contribution in [2.75, 3.05) is 25.0 Å². The maximum atomic E-state index is 12.6. The third-order valence-corrected chi connectivity index (χ3v) is 5.14. The Bertz CT molecular complexity index is 1010. The van der Waals surface area contributed by atoms with Crippen molar-refractivity contribution in [2.45, 2.75) is 24.9 Å². The highest BCUT2D eigenvalue weighted by Gasteiger charge is 2.30. The molecule has 2 aromatic heterocycles. The van der Waals surface area contributed by atoms with Crippen molar-refractivity contribution in [2.24, 2.45) is 0 Å². The second-order valence-corrected chi connectivity index (χ2v) is 7.34. The van der Waals surface area contributed by atoms with E-state index in [1.807, 2.05) is 23.1 Å². The number of rotatable bonds is 5. The summed E-state index contributed by atoms with van der Waals surface area (Å²) in [5, 5.41) is 6.64. The molecule has 0 aliphatic carbocycles. The number of nitrogens with zero attached hydrogens (tertiary/aromatic N) is 4. The van der Waals surface area contributed by atoms with Crippen molar-refractivity contribution in [3.63, 3.8) is 0 Å². The van der Waals surface area contributed by atoms with Crippen LogP contribution in [0, 0.1) is 0 Å². The lowest BCUT2D eigenvalue weighted by Gasteiger charge is -2.29. The molecule has 1 N–H and O–H groups in total. The van der Waals surface area contributed by atoms with Gasteiger partial charge >= 0.3 is 6.18 Å². The van der Waals surface area contributed by atoms with E-state index in [1.165, 1.54) is 12.1 Å². The van der Waals surface area contributed by atoms with Crippen LogP contribution in [0.3, 0.4) is 0 Å². The number of nitrogens with one attached hydrogen (secondary N) is 1. The number of benzene rings is 1. The minimum atomic E-state index is -4.40. The zero-order valence-corrected chi connectivity index (χ0v) is 16.5. The highest BCUT2D eigenvalue weighted by molar-refractivity contribution is 5.92. The molecule has 0 saturated carbocycles. The molecule has 31 heavy (non-hydrogen) atoms. The number of amides is 1. The van der Waals surface area contributed by atoms with E-state index >= 15 is 0 Å². The molecule has 1 aromatic carbocycles. The fourth-order valence-corrected chi connectivity index (χ4v) is 3.48. The summed E-state index contributed by atoms with van der Waals surface area (Å²) in [4.78, 5) is 22.9. The maximum absolute atomic E-state index is 12.6. The standard InChI is InChI=1S/C21H20F3N5O2/c22-21(23,24)15-4-6-16(7-5-15)26-18(30)13-29-11-8-14(9-12-29)20-27-19(28-31-20)17-3-1-2-10-25-17/h1-7,10,14H,8-9,11-13H2,(H,26,30). The van der Waals surface area contributed by atoms with Crippen molar-refractivity contribution in [3.05, 3.63) is 60.1 Å². The van der Waals surface area contributed by atoms with E-state index in [4.69, 9.17) is 4.52 Å². The molecule has 3 aromatic rings. The van der Waals surface area contributed by atoms with Crippen molar-refractivity contribution < 1.29 is 22.5 Å². The summed E-state index contributed by atoms with van der Waals surface area (Å²) in [6.45, 7) is 1.51. The van der Waals surface area contributed by atoms with E-state index in [2.05, 4.69) is 20.4 Å². The molecule has 0 bridgehead atoms. The lowest BCUT2D eigenvalue weighted by Crippen LogP contribution is -2.38. The number of hydrogen-bond acceptors (Lipinski definition) is 6. The van der Waals surface area contributed by atoms with E-state index < -0.39 is 11.7 Å². The highest BCUT2D eigenvalue weighted by Crippen LogP contribution is 2.30. The van der Waals surface area contributed by atoms with Crippen LogP contribution in [0.1, 0.15) is 30.2 Å². The summed E-state index contributed by atoms with van der Waals surface area (Å²) in [5.41, 5.74) is 0.232. The molecular formula is C21H20F3N5O2. The first-order chi connectivity index (χ1) is 14.9. The van der Waals surface area contributed by atoms with Gasteiger partial charge in [-0.05, 0) is 62.3 Å². The Hall–Kier alpha value is -3.27. The molecule has 4 rings (SSSR count). The average Bonchev–Trinajstić information content (AvgIpc) is 3.25. The molecule has 7 nitrogen and oxygen atoms in total. The second kappa shape index (κ2) is 8.84. The Morgan fingerprint density at radius 1 is 1.13 bits per heavy atom. The number of carbonyl (C=O) groups is 1. The van der Waals surface area contributed by atoms with Gasteiger partial charge in [0.15, 0.2) is 0 Å². The summed E-state index contributed by atoms with van der Waals surface area (Å²) in [6.07, 6.45) is -1.21. The first-order valence-electron chi connectivity index (χ1n) is 9.83.